The van der Waals surface area contributed by atoms with Crippen molar-refractivity contribution in [2.24, 2.45) is 5.73 Å². The zero-order chi connectivity index (χ0) is 19.8. The van der Waals surface area contributed by atoms with Gasteiger partial charge >= 0.3 is 6.03 Å². The lowest BCUT2D eigenvalue weighted by Gasteiger charge is -2.27. The van der Waals surface area contributed by atoms with E-state index in [2.05, 4.69) is 5.32 Å². The third-order valence-corrected chi connectivity index (χ3v) is 5.08. The molecule has 0 fully saturated rings. The van der Waals surface area contributed by atoms with Crippen LogP contribution in [0.5, 0.6) is 0 Å². The molecular weight excluding hydrogens is 362 g/mol. The van der Waals surface area contributed by atoms with E-state index in [1.807, 2.05) is 56.0 Å². The minimum absolute atomic E-state index is 0.195. The number of amides is 3. The van der Waals surface area contributed by atoms with Crippen molar-refractivity contribution in [3.05, 3.63) is 35.5 Å². The number of rotatable bonds is 3. The van der Waals surface area contributed by atoms with Crippen LogP contribution in [0.4, 0.5) is 4.79 Å². The Morgan fingerprint density at radius 3 is 2.63 bits per heavy atom. The van der Waals surface area contributed by atoms with Gasteiger partial charge in [0.05, 0.1) is 24.3 Å². The molecule has 2 heterocycles. The van der Waals surface area contributed by atoms with Gasteiger partial charge in [0, 0.05) is 22.5 Å². The van der Waals surface area contributed by atoms with Crippen molar-refractivity contribution in [1.29, 1.82) is 0 Å². The Morgan fingerprint density at radius 1 is 1.26 bits per heavy atom. The Labute approximate surface area is 163 Å². The first-order chi connectivity index (χ1) is 12.7. The minimum Gasteiger partial charge on any atom is -0.351 e. The third-order valence-electron chi connectivity index (χ3n) is 4.35. The molecule has 1 aromatic carbocycles. The SMILES string of the molecule is CSc1cccc(-c2nn3c(c2C(=O)NC(C)(C)C)CN(C(N)=O)CC3)c1. The van der Waals surface area contributed by atoms with E-state index >= 15 is 0 Å². The van der Waals surface area contributed by atoms with E-state index in [1.54, 1.807) is 11.8 Å². The van der Waals surface area contributed by atoms with Gasteiger partial charge in [-0.15, -0.1) is 11.8 Å². The lowest BCUT2D eigenvalue weighted by Crippen LogP contribution is -2.44. The van der Waals surface area contributed by atoms with Crippen molar-refractivity contribution in [2.45, 2.75) is 44.3 Å². The predicted molar refractivity (Wildman–Crippen MR) is 107 cm³/mol. The summed E-state index contributed by atoms with van der Waals surface area (Å²) < 4.78 is 1.82. The maximum absolute atomic E-state index is 13.1. The second kappa shape index (κ2) is 7.26. The van der Waals surface area contributed by atoms with Gasteiger partial charge < -0.3 is 16.0 Å². The number of carbonyl (C=O) groups excluding carboxylic acids is 2. The minimum atomic E-state index is -0.490. The van der Waals surface area contributed by atoms with Gasteiger partial charge in [-0.05, 0) is 39.2 Å². The summed E-state index contributed by atoms with van der Waals surface area (Å²) in [5.74, 6) is -0.195. The number of nitrogens with two attached hydrogens (primary N) is 1. The quantitative estimate of drug-likeness (QED) is 0.792. The predicted octanol–water partition coefficient (Wildman–Crippen LogP) is 2.69. The van der Waals surface area contributed by atoms with Crippen molar-refractivity contribution in [3.63, 3.8) is 0 Å². The lowest BCUT2D eigenvalue weighted by molar-refractivity contribution is 0.0916. The summed E-state index contributed by atoms with van der Waals surface area (Å²) in [7, 11) is 0. The number of nitrogens with one attached hydrogen (secondary N) is 1. The molecule has 3 rings (SSSR count). The molecule has 27 heavy (non-hydrogen) atoms. The maximum atomic E-state index is 13.1. The Morgan fingerprint density at radius 2 is 2.00 bits per heavy atom. The maximum Gasteiger partial charge on any atom is 0.315 e. The molecule has 0 aliphatic carbocycles. The van der Waals surface area contributed by atoms with E-state index < -0.39 is 6.03 Å². The molecule has 1 aliphatic rings. The molecular formula is C19H25N5O2S. The summed E-state index contributed by atoms with van der Waals surface area (Å²) in [6.45, 7) is 7.07. The Bertz CT molecular complexity index is 885. The highest BCUT2D eigenvalue weighted by molar-refractivity contribution is 7.98. The molecule has 3 amide bonds. The van der Waals surface area contributed by atoms with Gasteiger partial charge in [0.15, 0.2) is 0 Å². The number of fused-ring (bicyclic) bond motifs is 1. The molecule has 0 radical (unpaired) electrons. The number of urea groups is 1. The molecule has 8 heteroatoms. The average Bonchev–Trinajstić information content (AvgIpc) is 2.99. The molecule has 144 valence electrons. The summed E-state index contributed by atoms with van der Waals surface area (Å²) in [4.78, 5) is 27.4. The summed E-state index contributed by atoms with van der Waals surface area (Å²) in [5.41, 5.74) is 7.81. The summed E-state index contributed by atoms with van der Waals surface area (Å²) >= 11 is 1.64. The standard InChI is InChI=1S/C19H25N5O2S/c1-19(2,3)21-17(25)15-14-11-23(18(20)26)8-9-24(14)22-16(15)12-6-5-7-13(10-12)27-4/h5-7,10H,8-9,11H2,1-4H3,(H2,20,26)(H,21,25). The van der Waals surface area contributed by atoms with Crippen LogP contribution in [0.25, 0.3) is 11.3 Å². The topological polar surface area (TPSA) is 93.2 Å². The van der Waals surface area contributed by atoms with Gasteiger partial charge in [-0.3, -0.25) is 9.48 Å². The van der Waals surface area contributed by atoms with Crippen LogP contribution in [0.2, 0.25) is 0 Å². The van der Waals surface area contributed by atoms with Crippen molar-refractivity contribution in [3.8, 4) is 11.3 Å². The van der Waals surface area contributed by atoms with E-state index in [0.29, 0.717) is 30.0 Å². The molecule has 0 unspecified atom stereocenters. The molecule has 0 saturated heterocycles. The van der Waals surface area contributed by atoms with E-state index in [1.165, 1.54) is 4.90 Å². The Hall–Kier alpha value is -2.48. The van der Waals surface area contributed by atoms with Gasteiger partial charge in [0.25, 0.3) is 5.91 Å². The number of aromatic nitrogens is 2. The van der Waals surface area contributed by atoms with Gasteiger partial charge in [0.2, 0.25) is 0 Å². The van der Waals surface area contributed by atoms with Crippen LogP contribution in [-0.4, -0.2) is 45.0 Å². The van der Waals surface area contributed by atoms with E-state index in [-0.39, 0.29) is 18.0 Å². The lowest BCUT2D eigenvalue weighted by atomic mass is 10.0. The van der Waals surface area contributed by atoms with Gasteiger partial charge in [-0.2, -0.15) is 5.10 Å². The fraction of sp³-hybridized carbons (Fsp3) is 0.421. The second-order valence-electron chi connectivity index (χ2n) is 7.59. The zero-order valence-corrected chi connectivity index (χ0v) is 16.9. The number of hydrogen-bond acceptors (Lipinski definition) is 4. The van der Waals surface area contributed by atoms with Crippen LogP contribution < -0.4 is 11.1 Å². The Balaban J connectivity index is 2.13. The average molecular weight is 388 g/mol. The van der Waals surface area contributed by atoms with Crippen LogP contribution in [-0.2, 0) is 13.1 Å². The fourth-order valence-corrected chi connectivity index (χ4v) is 3.58. The molecule has 1 aromatic heterocycles. The number of carbonyl (C=O) groups is 2. The monoisotopic (exact) mass is 387 g/mol. The number of benzene rings is 1. The van der Waals surface area contributed by atoms with E-state index in [4.69, 9.17) is 10.8 Å². The highest BCUT2D eigenvalue weighted by Gasteiger charge is 2.31. The van der Waals surface area contributed by atoms with Crippen molar-refractivity contribution in [1.82, 2.24) is 20.0 Å². The first-order valence-electron chi connectivity index (χ1n) is 8.80. The van der Waals surface area contributed by atoms with E-state index in [0.717, 1.165) is 10.5 Å². The summed E-state index contributed by atoms with van der Waals surface area (Å²) in [6.07, 6.45) is 2.01. The molecule has 0 saturated carbocycles. The number of hydrogen-bond donors (Lipinski definition) is 2. The third kappa shape index (κ3) is 4.10. The van der Waals surface area contributed by atoms with Gasteiger partial charge in [-0.1, -0.05) is 12.1 Å². The van der Waals surface area contributed by atoms with Crippen LogP contribution >= 0.6 is 11.8 Å². The first-order valence-corrected chi connectivity index (χ1v) is 10.0. The normalized spacial score (nSPS) is 14.0. The van der Waals surface area contributed by atoms with Crippen molar-refractivity contribution >= 4 is 23.7 Å². The summed E-state index contributed by atoms with van der Waals surface area (Å²) in [5, 5.41) is 7.73. The van der Waals surface area contributed by atoms with Crippen molar-refractivity contribution in [2.75, 3.05) is 12.8 Å². The Kier molecular flexibility index (Phi) is 5.19. The van der Waals surface area contributed by atoms with E-state index in [9.17, 15) is 9.59 Å². The van der Waals surface area contributed by atoms with Crippen LogP contribution in [0.15, 0.2) is 29.2 Å². The second-order valence-corrected chi connectivity index (χ2v) is 8.47. The zero-order valence-electron chi connectivity index (χ0n) is 16.1. The van der Waals surface area contributed by atoms with Gasteiger partial charge in [-0.25, -0.2) is 4.79 Å². The summed E-state index contributed by atoms with van der Waals surface area (Å²) in [6, 6.07) is 7.47. The van der Waals surface area contributed by atoms with Crippen molar-refractivity contribution < 1.29 is 9.59 Å². The molecule has 2 aromatic rings. The number of thioether (sulfide) groups is 1. The van der Waals surface area contributed by atoms with Gasteiger partial charge in [0.1, 0.15) is 5.69 Å². The molecule has 0 spiro atoms. The molecule has 1 aliphatic heterocycles. The molecule has 0 bridgehead atoms. The van der Waals surface area contributed by atoms with Crippen LogP contribution in [0.3, 0.4) is 0 Å². The smallest absolute Gasteiger partial charge is 0.315 e. The van der Waals surface area contributed by atoms with Crippen LogP contribution in [0, 0.1) is 0 Å². The molecule has 7 nitrogen and oxygen atoms in total. The first kappa shape index (κ1) is 19.3. The fourth-order valence-electron chi connectivity index (χ4n) is 3.12. The highest BCUT2D eigenvalue weighted by Crippen LogP contribution is 2.31. The molecule has 0 atom stereocenters. The highest BCUT2D eigenvalue weighted by atomic mass is 32.2. The number of nitrogens with zero attached hydrogens (tertiary/aromatic N) is 3. The van der Waals surface area contributed by atoms with Crippen LogP contribution in [0.1, 0.15) is 36.8 Å². The molecule has 3 N–H and O–H groups in total. The largest absolute Gasteiger partial charge is 0.351 e. The number of primary amides is 1.